The zero-order valence-electron chi connectivity index (χ0n) is 9.91. The summed E-state index contributed by atoms with van der Waals surface area (Å²) in [6.07, 6.45) is 6.51. The smallest absolute Gasteiger partial charge is 0.137 e. The second-order valence-electron chi connectivity index (χ2n) is 4.50. The standard InChI is InChI=1S/C12H18ClN3/c1-3-10-11(13)14-8-15-12(10)16(2)7-9-5-4-6-9/h8-9H,3-7H2,1-2H3. The first kappa shape index (κ1) is 11.6. The van der Waals surface area contributed by atoms with Gasteiger partial charge in [0.15, 0.2) is 0 Å². The number of nitrogens with zero attached hydrogens (tertiary/aromatic N) is 3. The lowest BCUT2D eigenvalue weighted by atomic mass is 9.85. The fraction of sp³-hybridized carbons (Fsp3) is 0.667. The van der Waals surface area contributed by atoms with Crippen molar-refractivity contribution >= 4 is 17.4 Å². The van der Waals surface area contributed by atoms with Crippen LogP contribution in [0.5, 0.6) is 0 Å². The van der Waals surface area contributed by atoms with Crippen molar-refractivity contribution in [2.24, 2.45) is 5.92 Å². The van der Waals surface area contributed by atoms with Crippen LogP contribution in [0.2, 0.25) is 5.15 Å². The van der Waals surface area contributed by atoms with E-state index >= 15 is 0 Å². The molecule has 1 saturated carbocycles. The Hall–Kier alpha value is -0.830. The van der Waals surface area contributed by atoms with Gasteiger partial charge in [0, 0.05) is 19.2 Å². The van der Waals surface area contributed by atoms with Crippen molar-refractivity contribution in [1.29, 1.82) is 0 Å². The van der Waals surface area contributed by atoms with Gasteiger partial charge in [-0.05, 0) is 25.2 Å². The van der Waals surface area contributed by atoms with Crippen LogP contribution in [0, 0.1) is 5.92 Å². The highest BCUT2D eigenvalue weighted by atomic mass is 35.5. The molecule has 0 N–H and O–H groups in total. The minimum Gasteiger partial charge on any atom is -0.359 e. The second kappa shape index (κ2) is 5.00. The number of aromatic nitrogens is 2. The molecule has 0 amide bonds. The summed E-state index contributed by atoms with van der Waals surface area (Å²) in [5.74, 6) is 1.83. The molecule has 0 unspecified atom stereocenters. The predicted octanol–water partition coefficient (Wildman–Crippen LogP) is 2.93. The molecule has 1 heterocycles. The van der Waals surface area contributed by atoms with Crippen molar-refractivity contribution in [3.05, 3.63) is 17.0 Å². The lowest BCUT2D eigenvalue weighted by Crippen LogP contribution is -2.30. The third-order valence-corrected chi connectivity index (χ3v) is 3.67. The largest absolute Gasteiger partial charge is 0.359 e. The van der Waals surface area contributed by atoms with Gasteiger partial charge in [0.1, 0.15) is 17.3 Å². The molecule has 1 aromatic heterocycles. The van der Waals surface area contributed by atoms with E-state index in [9.17, 15) is 0 Å². The molecule has 0 radical (unpaired) electrons. The quantitative estimate of drug-likeness (QED) is 0.757. The molecule has 1 aliphatic carbocycles. The summed E-state index contributed by atoms with van der Waals surface area (Å²) in [7, 11) is 2.09. The van der Waals surface area contributed by atoms with E-state index in [1.165, 1.54) is 19.3 Å². The summed E-state index contributed by atoms with van der Waals surface area (Å²) in [6.45, 7) is 3.17. The predicted molar refractivity (Wildman–Crippen MR) is 67.0 cm³/mol. The fourth-order valence-electron chi connectivity index (χ4n) is 2.16. The highest BCUT2D eigenvalue weighted by Crippen LogP contribution is 2.29. The molecule has 0 spiro atoms. The summed E-state index contributed by atoms with van der Waals surface area (Å²) in [5.41, 5.74) is 1.06. The van der Waals surface area contributed by atoms with Gasteiger partial charge in [-0.15, -0.1) is 0 Å². The van der Waals surface area contributed by atoms with Crippen LogP contribution in [-0.4, -0.2) is 23.6 Å². The fourth-order valence-corrected chi connectivity index (χ4v) is 2.43. The maximum absolute atomic E-state index is 6.08. The molecule has 0 saturated heterocycles. The highest BCUT2D eigenvalue weighted by Gasteiger charge is 2.21. The Bertz CT molecular complexity index is 363. The van der Waals surface area contributed by atoms with Crippen LogP contribution < -0.4 is 4.90 Å². The van der Waals surface area contributed by atoms with E-state index in [4.69, 9.17) is 11.6 Å². The number of halogens is 1. The van der Waals surface area contributed by atoms with E-state index in [0.29, 0.717) is 5.15 Å². The third-order valence-electron chi connectivity index (χ3n) is 3.34. The molecular weight excluding hydrogens is 222 g/mol. The van der Waals surface area contributed by atoms with Gasteiger partial charge >= 0.3 is 0 Å². The van der Waals surface area contributed by atoms with Crippen molar-refractivity contribution in [3.8, 4) is 0 Å². The van der Waals surface area contributed by atoms with Gasteiger partial charge in [0.25, 0.3) is 0 Å². The maximum Gasteiger partial charge on any atom is 0.137 e. The van der Waals surface area contributed by atoms with E-state index in [-0.39, 0.29) is 0 Å². The normalized spacial score (nSPS) is 15.9. The Morgan fingerprint density at radius 1 is 1.44 bits per heavy atom. The highest BCUT2D eigenvalue weighted by molar-refractivity contribution is 6.30. The molecule has 1 aliphatic rings. The van der Waals surface area contributed by atoms with E-state index in [2.05, 4.69) is 28.8 Å². The van der Waals surface area contributed by atoms with Crippen molar-refractivity contribution in [1.82, 2.24) is 9.97 Å². The summed E-state index contributed by atoms with van der Waals surface area (Å²) < 4.78 is 0. The molecule has 88 valence electrons. The minimum absolute atomic E-state index is 0.591. The number of hydrogen-bond acceptors (Lipinski definition) is 3. The van der Waals surface area contributed by atoms with E-state index in [1.54, 1.807) is 6.33 Å². The first-order valence-corrected chi connectivity index (χ1v) is 6.30. The Labute approximate surface area is 102 Å². The Balaban J connectivity index is 2.14. The van der Waals surface area contributed by atoms with Crippen LogP contribution in [0.25, 0.3) is 0 Å². The molecular formula is C12H18ClN3. The topological polar surface area (TPSA) is 29.0 Å². The lowest BCUT2D eigenvalue weighted by Gasteiger charge is -2.31. The van der Waals surface area contributed by atoms with Gasteiger partial charge in [-0.2, -0.15) is 0 Å². The van der Waals surface area contributed by atoms with Crippen LogP contribution in [-0.2, 0) is 6.42 Å². The average Bonchev–Trinajstić information content (AvgIpc) is 2.22. The number of hydrogen-bond donors (Lipinski definition) is 0. The average molecular weight is 240 g/mol. The lowest BCUT2D eigenvalue weighted by molar-refractivity contribution is 0.321. The Morgan fingerprint density at radius 3 is 2.75 bits per heavy atom. The molecule has 0 aromatic carbocycles. The zero-order valence-corrected chi connectivity index (χ0v) is 10.7. The van der Waals surface area contributed by atoms with Crippen molar-refractivity contribution in [3.63, 3.8) is 0 Å². The van der Waals surface area contributed by atoms with E-state index < -0.39 is 0 Å². The Kier molecular flexibility index (Phi) is 3.64. The maximum atomic E-state index is 6.08. The van der Waals surface area contributed by atoms with Gasteiger partial charge in [-0.25, -0.2) is 9.97 Å². The van der Waals surface area contributed by atoms with Gasteiger partial charge in [0.2, 0.25) is 0 Å². The molecule has 2 rings (SSSR count). The van der Waals surface area contributed by atoms with Crippen LogP contribution in [0.1, 0.15) is 31.7 Å². The van der Waals surface area contributed by atoms with Gasteiger partial charge < -0.3 is 4.90 Å². The van der Waals surface area contributed by atoms with Gasteiger partial charge in [-0.3, -0.25) is 0 Å². The summed E-state index contributed by atoms with van der Waals surface area (Å²) in [6, 6.07) is 0. The monoisotopic (exact) mass is 239 g/mol. The first-order valence-electron chi connectivity index (χ1n) is 5.93. The Morgan fingerprint density at radius 2 is 2.19 bits per heavy atom. The SMILES string of the molecule is CCc1c(Cl)ncnc1N(C)CC1CCC1. The molecule has 1 fully saturated rings. The number of anilines is 1. The number of rotatable bonds is 4. The van der Waals surface area contributed by atoms with Crippen molar-refractivity contribution < 1.29 is 0 Å². The molecule has 4 heteroatoms. The van der Waals surface area contributed by atoms with Crippen LogP contribution >= 0.6 is 11.6 Å². The zero-order chi connectivity index (χ0) is 11.5. The first-order chi connectivity index (χ1) is 7.72. The summed E-state index contributed by atoms with van der Waals surface area (Å²) >= 11 is 6.08. The van der Waals surface area contributed by atoms with E-state index in [0.717, 1.165) is 30.3 Å². The summed E-state index contributed by atoms with van der Waals surface area (Å²) in [5, 5.41) is 0.591. The molecule has 3 nitrogen and oxygen atoms in total. The molecule has 0 bridgehead atoms. The van der Waals surface area contributed by atoms with Crippen LogP contribution in [0.4, 0.5) is 5.82 Å². The van der Waals surface area contributed by atoms with E-state index in [1.807, 2.05) is 0 Å². The molecule has 1 aromatic rings. The van der Waals surface area contributed by atoms with Gasteiger partial charge in [-0.1, -0.05) is 24.9 Å². The molecule has 0 aliphatic heterocycles. The molecule has 16 heavy (non-hydrogen) atoms. The van der Waals surface area contributed by atoms with Gasteiger partial charge in [0.05, 0.1) is 0 Å². The minimum atomic E-state index is 0.591. The van der Waals surface area contributed by atoms with Crippen LogP contribution in [0.15, 0.2) is 6.33 Å². The third kappa shape index (κ3) is 2.29. The van der Waals surface area contributed by atoms with Crippen molar-refractivity contribution in [2.75, 3.05) is 18.5 Å². The molecule has 0 atom stereocenters. The van der Waals surface area contributed by atoms with Crippen molar-refractivity contribution in [2.45, 2.75) is 32.6 Å². The van der Waals surface area contributed by atoms with Crippen LogP contribution in [0.3, 0.4) is 0 Å². The second-order valence-corrected chi connectivity index (χ2v) is 4.86. The summed E-state index contributed by atoms with van der Waals surface area (Å²) in [4.78, 5) is 10.6.